The summed E-state index contributed by atoms with van der Waals surface area (Å²) in [6.45, 7) is 5.12. The highest BCUT2D eigenvalue weighted by molar-refractivity contribution is 7.63. The Morgan fingerprint density at radius 3 is 1.27 bits per heavy atom. The number of benzene rings is 6. The molecule has 0 saturated heterocycles. The first kappa shape index (κ1) is 43.5. The second-order valence-corrected chi connectivity index (χ2v) is 19.0. The molecular formula is C52H44N6O6P2. The molecule has 0 bridgehead atoms. The van der Waals surface area contributed by atoms with E-state index in [1.807, 2.05) is 144 Å². The molecule has 4 heterocycles. The van der Waals surface area contributed by atoms with E-state index in [0.29, 0.717) is 46.7 Å². The fraction of sp³-hybridized carbons (Fsp3) is 0.0769. The first-order valence-electron chi connectivity index (χ1n) is 21.1. The lowest BCUT2D eigenvalue weighted by Gasteiger charge is -2.20. The fourth-order valence-corrected chi connectivity index (χ4v) is 10.1. The Bertz CT molecular complexity index is 3190. The summed E-state index contributed by atoms with van der Waals surface area (Å²) in [5.41, 5.74) is 7.32. The Kier molecular flexibility index (Phi) is 12.9. The van der Waals surface area contributed by atoms with Crippen LogP contribution in [0.5, 0.6) is 23.0 Å². The molecular weight excluding hydrogens is 867 g/mol. The SMILES string of the molecule is Cc1ccc2c(ncn2Cc2ccc(P(=O)(Oc3ccccc3)Oc3ccccc3)cc2)n1.Cc1ccc2ncn(Cc3ccc(P(=O)(Oc4ccccc4)Oc4ccccc4)cc3)c2n1. The molecule has 14 heteroatoms. The summed E-state index contributed by atoms with van der Waals surface area (Å²) in [6, 6.07) is 59.0. The largest absolute Gasteiger partial charge is 0.462 e. The Labute approximate surface area is 382 Å². The van der Waals surface area contributed by atoms with Gasteiger partial charge >= 0.3 is 15.2 Å². The first-order chi connectivity index (χ1) is 32.2. The third kappa shape index (κ3) is 10.4. The van der Waals surface area contributed by atoms with Crippen LogP contribution in [0.25, 0.3) is 22.3 Å². The van der Waals surface area contributed by atoms with Crippen LogP contribution in [-0.2, 0) is 22.2 Å². The molecule has 0 radical (unpaired) electrons. The van der Waals surface area contributed by atoms with Crippen LogP contribution in [0, 0.1) is 13.8 Å². The maximum absolute atomic E-state index is 13.9. The van der Waals surface area contributed by atoms with Gasteiger partial charge in [-0.3, -0.25) is 0 Å². The van der Waals surface area contributed by atoms with E-state index in [4.69, 9.17) is 18.1 Å². The van der Waals surface area contributed by atoms with Crippen LogP contribution in [0.15, 0.2) is 207 Å². The van der Waals surface area contributed by atoms with Crippen molar-refractivity contribution in [1.82, 2.24) is 29.1 Å². The molecule has 0 aliphatic carbocycles. The summed E-state index contributed by atoms with van der Waals surface area (Å²) in [7, 11) is -7.36. The smallest absolute Gasteiger partial charge is 0.413 e. The van der Waals surface area contributed by atoms with Crippen LogP contribution in [0.1, 0.15) is 22.5 Å². The zero-order valence-corrected chi connectivity index (χ0v) is 37.9. The lowest BCUT2D eigenvalue weighted by atomic mass is 10.2. The molecule has 6 aromatic carbocycles. The molecule has 0 fully saturated rings. The number of para-hydroxylation sites is 4. The topological polar surface area (TPSA) is 132 Å². The number of fused-ring (bicyclic) bond motifs is 2. The molecule has 0 atom stereocenters. The molecule has 12 nitrogen and oxygen atoms in total. The maximum atomic E-state index is 13.9. The number of aromatic nitrogens is 6. The number of hydrogen-bond donors (Lipinski definition) is 0. The molecule has 0 saturated carbocycles. The molecule has 66 heavy (non-hydrogen) atoms. The van der Waals surface area contributed by atoms with Gasteiger partial charge in [-0.25, -0.2) is 29.1 Å². The summed E-state index contributed by atoms with van der Waals surface area (Å²) >= 11 is 0. The minimum Gasteiger partial charge on any atom is -0.413 e. The van der Waals surface area contributed by atoms with Crippen LogP contribution in [0.4, 0.5) is 0 Å². The van der Waals surface area contributed by atoms with Gasteiger partial charge in [0.15, 0.2) is 11.3 Å². The van der Waals surface area contributed by atoms with E-state index in [-0.39, 0.29) is 0 Å². The molecule has 0 unspecified atom stereocenters. The highest BCUT2D eigenvalue weighted by atomic mass is 31.2. The Morgan fingerprint density at radius 2 is 0.818 bits per heavy atom. The third-order valence-electron chi connectivity index (χ3n) is 10.3. The van der Waals surface area contributed by atoms with E-state index >= 15 is 0 Å². The first-order valence-corrected chi connectivity index (χ1v) is 24.2. The van der Waals surface area contributed by atoms with Crippen LogP contribution >= 0.6 is 15.2 Å². The highest BCUT2D eigenvalue weighted by Gasteiger charge is 2.32. The van der Waals surface area contributed by atoms with Gasteiger partial charge in [-0.05, 0) is 122 Å². The van der Waals surface area contributed by atoms with Crippen molar-refractivity contribution in [2.75, 3.05) is 0 Å². The molecule has 0 amide bonds. The minimum atomic E-state index is -3.68. The zero-order valence-electron chi connectivity index (χ0n) is 36.1. The van der Waals surface area contributed by atoms with Crippen LogP contribution in [0.2, 0.25) is 0 Å². The van der Waals surface area contributed by atoms with Gasteiger partial charge in [0.1, 0.15) is 28.5 Å². The molecule has 10 rings (SSSR count). The monoisotopic (exact) mass is 910 g/mol. The summed E-state index contributed by atoms with van der Waals surface area (Å²) in [4.78, 5) is 17.9. The summed E-state index contributed by atoms with van der Waals surface area (Å²) in [6.07, 6.45) is 3.57. The third-order valence-corrected chi connectivity index (χ3v) is 14.0. The fourth-order valence-electron chi connectivity index (χ4n) is 7.01. The molecule has 10 aromatic rings. The van der Waals surface area contributed by atoms with Crippen molar-refractivity contribution < 1.29 is 27.2 Å². The van der Waals surface area contributed by atoms with Gasteiger partial charge in [-0.1, -0.05) is 97.1 Å². The van der Waals surface area contributed by atoms with Crippen LogP contribution in [-0.4, -0.2) is 29.1 Å². The van der Waals surface area contributed by atoms with E-state index in [1.54, 1.807) is 85.5 Å². The van der Waals surface area contributed by atoms with E-state index in [1.165, 1.54) is 0 Å². The van der Waals surface area contributed by atoms with Crippen molar-refractivity contribution in [3.05, 3.63) is 229 Å². The summed E-state index contributed by atoms with van der Waals surface area (Å²) in [5.74, 6) is 1.92. The Morgan fingerprint density at radius 1 is 0.424 bits per heavy atom. The van der Waals surface area contributed by atoms with Crippen molar-refractivity contribution in [3.63, 3.8) is 0 Å². The van der Waals surface area contributed by atoms with Crippen molar-refractivity contribution in [2.45, 2.75) is 26.9 Å². The van der Waals surface area contributed by atoms with Crippen molar-refractivity contribution in [1.29, 1.82) is 0 Å². The van der Waals surface area contributed by atoms with Gasteiger partial charge in [0.05, 0.1) is 35.3 Å². The average Bonchev–Trinajstić information content (AvgIpc) is 3.93. The van der Waals surface area contributed by atoms with Crippen molar-refractivity contribution in [2.24, 2.45) is 0 Å². The average molecular weight is 911 g/mol. The Balaban J connectivity index is 0.000000166. The summed E-state index contributed by atoms with van der Waals surface area (Å²) < 4.78 is 55.5. The number of hydrogen-bond acceptors (Lipinski definition) is 10. The van der Waals surface area contributed by atoms with E-state index in [0.717, 1.165) is 44.8 Å². The van der Waals surface area contributed by atoms with Gasteiger partial charge in [-0.2, -0.15) is 0 Å². The summed E-state index contributed by atoms with van der Waals surface area (Å²) in [5, 5.41) is 0.954. The molecule has 0 spiro atoms. The second kappa shape index (κ2) is 19.5. The van der Waals surface area contributed by atoms with Crippen molar-refractivity contribution >= 4 is 48.1 Å². The quantitative estimate of drug-likeness (QED) is 0.0971. The van der Waals surface area contributed by atoms with Gasteiger partial charge in [0, 0.05) is 17.9 Å². The zero-order chi connectivity index (χ0) is 45.4. The molecule has 0 aliphatic rings. The number of aryl methyl sites for hydroxylation is 2. The van der Waals surface area contributed by atoms with Crippen LogP contribution < -0.4 is 28.7 Å². The van der Waals surface area contributed by atoms with E-state index in [2.05, 4.69) is 19.9 Å². The Hall–Kier alpha value is -7.78. The number of pyridine rings is 2. The molecule has 328 valence electrons. The van der Waals surface area contributed by atoms with Gasteiger partial charge in [-0.15, -0.1) is 0 Å². The predicted molar refractivity (Wildman–Crippen MR) is 258 cm³/mol. The lowest BCUT2D eigenvalue weighted by molar-refractivity contribution is 0.398. The van der Waals surface area contributed by atoms with E-state index in [9.17, 15) is 9.13 Å². The van der Waals surface area contributed by atoms with Crippen LogP contribution in [0.3, 0.4) is 0 Å². The number of imidazole rings is 2. The molecule has 0 aliphatic heterocycles. The number of rotatable bonds is 14. The van der Waals surface area contributed by atoms with Gasteiger partial charge in [0.2, 0.25) is 0 Å². The van der Waals surface area contributed by atoms with Crippen molar-refractivity contribution in [3.8, 4) is 23.0 Å². The molecule has 4 aromatic heterocycles. The number of nitrogens with zero attached hydrogens (tertiary/aromatic N) is 6. The molecule has 0 N–H and O–H groups in total. The predicted octanol–water partition coefficient (Wildman–Crippen LogP) is 11.5. The maximum Gasteiger partial charge on any atom is 0.462 e. The lowest BCUT2D eigenvalue weighted by Crippen LogP contribution is -2.15. The van der Waals surface area contributed by atoms with Gasteiger partial charge in [0.25, 0.3) is 0 Å². The minimum absolute atomic E-state index is 0.475. The standard InChI is InChI=1S/2C26H22N3O3P/c1-20-12-17-25-26(28-20)27-19-29(25)18-21-13-15-24(16-14-21)33(30,31-22-8-4-2-5-9-22)32-23-10-6-3-7-11-23;1-20-12-17-25-26(28-20)29(19-27-25)18-21-13-15-24(16-14-21)33(30,31-22-8-4-2-5-9-22)32-23-10-6-3-7-11-23/h2*2-17,19H,18H2,1H3. The van der Waals surface area contributed by atoms with Gasteiger partial charge < -0.3 is 27.2 Å². The normalized spacial score (nSPS) is 11.4. The van der Waals surface area contributed by atoms with E-state index < -0.39 is 15.2 Å². The second-order valence-electron chi connectivity index (χ2n) is 15.3. The highest BCUT2D eigenvalue weighted by Crippen LogP contribution is 2.48.